The van der Waals surface area contributed by atoms with Crippen molar-refractivity contribution in [2.24, 2.45) is 10.4 Å². The number of nitrogens with zero attached hydrogens (tertiary/aromatic N) is 2. The quantitative estimate of drug-likeness (QED) is 0.788. The minimum absolute atomic E-state index is 0.0684. The lowest BCUT2D eigenvalue weighted by Crippen LogP contribution is -2.52. The molecule has 1 saturated heterocycles. The Bertz CT molecular complexity index is 827. The lowest BCUT2D eigenvalue weighted by Gasteiger charge is -2.46. The molecular formula is C21H23Cl2N3. The predicted octanol–water partition coefficient (Wildman–Crippen LogP) is 4.95. The molecular weight excluding hydrogens is 365 g/mol. The molecule has 2 aliphatic heterocycles. The highest BCUT2D eigenvalue weighted by Crippen LogP contribution is 2.45. The number of halogens is 2. The molecule has 2 aromatic carbocycles. The van der Waals surface area contributed by atoms with E-state index in [1.807, 2.05) is 18.2 Å². The van der Waals surface area contributed by atoms with Gasteiger partial charge in [-0.15, -0.1) is 0 Å². The van der Waals surface area contributed by atoms with Crippen LogP contribution in [0.15, 0.2) is 47.5 Å². The minimum atomic E-state index is 0.0684. The van der Waals surface area contributed by atoms with Crippen LogP contribution in [0.25, 0.3) is 0 Å². The van der Waals surface area contributed by atoms with Crippen LogP contribution in [0.1, 0.15) is 24.0 Å². The molecule has 2 aromatic rings. The molecule has 136 valence electrons. The molecule has 0 radical (unpaired) electrons. The first-order valence-electron chi connectivity index (χ1n) is 9.10. The summed E-state index contributed by atoms with van der Waals surface area (Å²) in [6.07, 6.45) is 3.15. The third-order valence-corrected chi connectivity index (χ3v) is 6.34. The molecule has 1 spiro atoms. The average Bonchev–Trinajstić information content (AvgIpc) is 2.65. The van der Waals surface area contributed by atoms with Gasteiger partial charge in [-0.3, -0.25) is 4.99 Å². The Hall–Kier alpha value is -1.55. The summed E-state index contributed by atoms with van der Waals surface area (Å²) in [7, 11) is 2.11. The number of benzene rings is 2. The summed E-state index contributed by atoms with van der Waals surface area (Å²) < 4.78 is 0. The summed E-state index contributed by atoms with van der Waals surface area (Å²) in [5.74, 6) is 1.17. The van der Waals surface area contributed by atoms with Gasteiger partial charge in [0, 0.05) is 18.2 Å². The number of nitrogens with one attached hydrogen (secondary N) is 1. The Balaban J connectivity index is 1.76. The van der Waals surface area contributed by atoms with E-state index in [9.17, 15) is 0 Å². The molecule has 0 atom stereocenters. The standard InChI is InChI=1S/C21H23Cl2N3/c1-26-19-12-18(23)17(22)11-16(19)13-21(7-9-24-10-8-21)20(26)25-14-15-5-3-2-4-6-15/h2-6,11-12,24H,7-10,13-14H2,1H3. The molecule has 0 bridgehead atoms. The number of aliphatic imine (C=N–C) groups is 1. The van der Waals surface area contributed by atoms with Gasteiger partial charge in [-0.1, -0.05) is 53.5 Å². The van der Waals surface area contributed by atoms with Crippen molar-refractivity contribution in [3.63, 3.8) is 0 Å². The van der Waals surface area contributed by atoms with Crippen LogP contribution in [0, 0.1) is 5.41 Å². The fraction of sp³-hybridized carbons (Fsp3) is 0.381. The number of hydrogen-bond acceptors (Lipinski definition) is 2. The summed E-state index contributed by atoms with van der Waals surface area (Å²) in [5, 5.41) is 4.72. The van der Waals surface area contributed by atoms with Crippen LogP contribution in [0.2, 0.25) is 10.0 Å². The van der Waals surface area contributed by atoms with Crippen molar-refractivity contribution < 1.29 is 0 Å². The van der Waals surface area contributed by atoms with Crippen molar-refractivity contribution >= 4 is 34.7 Å². The molecule has 2 heterocycles. The summed E-state index contributed by atoms with van der Waals surface area (Å²) in [6.45, 7) is 2.75. The maximum absolute atomic E-state index is 6.31. The first kappa shape index (κ1) is 17.8. The number of rotatable bonds is 2. The molecule has 1 N–H and O–H groups in total. The van der Waals surface area contributed by atoms with E-state index in [2.05, 4.69) is 41.5 Å². The topological polar surface area (TPSA) is 27.6 Å². The first-order valence-corrected chi connectivity index (χ1v) is 9.86. The molecule has 0 saturated carbocycles. The van der Waals surface area contributed by atoms with Crippen LogP contribution >= 0.6 is 23.2 Å². The van der Waals surface area contributed by atoms with Gasteiger partial charge in [0.2, 0.25) is 0 Å². The van der Waals surface area contributed by atoms with Gasteiger partial charge < -0.3 is 10.2 Å². The van der Waals surface area contributed by atoms with Crippen molar-refractivity contribution in [1.82, 2.24) is 5.32 Å². The molecule has 1 fully saturated rings. The fourth-order valence-electron chi connectivity index (χ4n) is 4.27. The van der Waals surface area contributed by atoms with Crippen molar-refractivity contribution in [3.05, 3.63) is 63.6 Å². The van der Waals surface area contributed by atoms with E-state index in [1.54, 1.807) is 0 Å². The molecule has 5 heteroatoms. The normalized spacial score (nSPS) is 20.4. The molecule has 0 amide bonds. The number of hydrogen-bond donors (Lipinski definition) is 1. The molecule has 26 heavy (non-hydrogen) atoms. The Labute approximate surface area is 165 Å². The van der Waals surface area contributed by atoms with E-state index in [0.717, 1.165) is 38.0 Å². The third-order valence-electron chi connectivity index (χ3n) is 5.62. The van der Waals surface area contributed by atoms with Crippen molar-refractivity contribution in [3.8, 4) is 0 Å². The molecule has 2 aliphatic rings. The van der Waals surface area contributed by atoms with Gasteiger partial charge >= 0.3 is 0 Å². The highest BCUT2D eigenvalue weighted by molar-refractivity contribution is 6.42. The largest absolute Gasteiger partial charge is 0.332 e. The van der Waals surface area contributed by atoms with Crippen LogP contribution in [-0.2, 0) is 13.0 Å². The first-order chi connectivity index (χ1) is 12.6. The van der Waals surface area contributed by atoms with E-state index >= 15 is 0 Å². The minimum Gasteiger partial charge on any atom is -0.332 e. The SMILES string of the molecule is CN1C(=NCc2ccccc2)C2(CCNCC2)Cc2cc(Cl)c(Cl)cc21. The predicted molar refractivity (Wildman–Crippen MR) is 111 cm³/mol. The Morgan fingerprint density at radius 3 is 2.50 bits per heavy atom. The van der Waals surface area contributed by atoms with Crippen LogP contribution in [0.5, 0.6) is 0 Å². The van der Waals surface area contributed by atoms with Gasteiger partial charge in [0.25, 0.3) is 0 Å². The number of piperidine rings is 1. The lowest BCUT2D eigenvalue weighted by atomic mass is 9.70. The Kier molecular flexibility index (Phi) is 4.96. The van der Waals surface area contributed by atoms with Crippen molar-refractivity contribution in [2.75, 3.05) is 25.0 Å². The zero-order valence-electron chi connectivity index (χ0n) is 14.9. The second-order valence-corrected chi connectivity index (χ2v) is 8.10. The second-order valence-electron chi connectivity index (χ2n) is 7.29. The third kappa shape index (κ3) is 3.24. The number of amidine groups is 1. The summed E-state index contributed by atoms with van der Waals surface area (Å²) in [6, 6.07) is 14.5. The van der Waals surface area contributed by atoms with E-state index in [1.165, 1.54) is 17.0 Å². The Morgan fingerprint density at radius 1 is 1.08 bits per heavy atom. The second kappa shape index (κ2) is 7.22. The van der Waals surface area contributed by atoms with Crippen LogP contribution < -0.4 is 10.2 Å². The average molecular weight is 388 g/mol. The van der Waals surface area contributed by atoms with Crippen molar-refractivity contribution in [1.29, 1.82) is 0 Å². The lowest BCUT2D eigenvalue weighted by molar-refractivity contribution is 0.289. The number of fused-ring (bicyclic) bond motifs is 1. The van der Waals surface area contributed by atoms with E-state index in [-0.39, 0.29) is 5.41 Å². The van der Waals surface area contributed by atoms with Gasteiger partial charge in [-0.2, -0.15) is 0 Å². The van der Waals surface area contributed by atoms with Gasteiger partial charge in [0.05, 0.1) is 16.6 Å². The van der Waals surface area contributed by atoms with Crippen LogP contribution in [0.4, 0.5) is 5.69 Å². The zero-order valence-corrected chi connectivity index (χ0v) is 16.4. The van der Waals surface area contributed by atoms with Crippen molar-refractivity contribution in [2.45, 2.75) is 25.8 Å². The van der Waals surface area contributed by atoms with E-state index < -0.39 is 0 Å². The Morgan fingerprint density at radius 2 is 1.77 bits per heavy atom. The van der Waals surface area contributed by atoms with Crippen LogP contribution in [-0.4, -0.2) is 26.0 Å². The summed E-state index contributed by atoms with van der Waals surface area (Å²) >= 11 is 12.6. The van der Waals surface area contributed by atoms with Gasteiger partial charge in [0.1, 0.15) is 5.84 Å². The van der Waals surface area contributed by atoms with Gasteiger partial charge in [-0.05, 0) is 55.6 Å². The van der Waals surface area contributed by atoms with Gasteiger partial charge in [0.15, 0.2) is 0 Å². The summed E-state index contributed by atoms with van der Waals surface area (Å²) in [5.41, 5.74) is 3.69. The molecule has 4 rings (SSSR count). The van der Waals surface area contributed by atoms with Crippen LogP contribution in [0.3, 0.4) is 0 Å². The highest BCUT2D eigenvalue weighted by Gasteiger charge is 2.43. The monoisotopic (exact) mass is 387 g/mol. The highest BCUT2D eigenvalue weighted by atomic mass is 35.5. The molecule has 0 unspecified atom stereocenters. The van der Waals surface area contributed by atoms with Gasteiger partial charge in [-0.25, -0.2) is 0 Å². The summed E-state index contributed by atoms with van der Waals surface area (Å²) in [4.78, 5) is 7.33. The van der Waals surface area contributed by atoms with E-state index in [0.29, 0.717) is 16.6 Å². The molecule has 0 aliphatic carbocycles. The maximum atomic E-state index is 6.31. The smallest absolute Gasteiger partial charge is 0.110 e. The fourth-order valence-corrected chi connectivity index (χ4v) is 4.62. The maximum Gasteiger partial charge on any atom is 0.110 e. The molecule has 3 nitrogen and oxygen atoms in total. The van der Waals surface area contributed by atoms with E-state index in [4.69, 9.17) is 28.2 Å². The number of anilines is 1. The molecule has 0 aromatic heterocycles. The zero-order chi connectivity index (χ0) is 18.1.